The highest BCUT2D eigenvalue weighted by atomic mass is 16.5. The second-order valence-corrected chi connectivity index (χ2v) is 5.90. The number of hydrogen-bond donors (Lipinski definition) is 1. The van der Waals surface area contributed by atoms with Crippen molar-refractivity contribution in [2.24, 2.45) is 7.05 Å². The van der Waals surface area contributed by atoms with Gasteiger partial charge in [-0.15, -0.1) is 0 Å². The van der Waals surface area contributed by atoms with E-state index in [4.69, 9.17) is 14.6 Å². The van der Waals surface area contributed by atoms with Gasteiger partial charge < -0.3 is 14.4 Å². The molecule has 3 aromatic rings. The van der Waals surface area contributed by atoms with Crippen molar-refractivity contribution < 1.29 is 14.6 Å². The minimum atomic E-state index is -0.250. The van der Waals surface area contributed by atoms with Crippen molar-refractivity contribution in [3.63, 3.8) is 0 Å². The van der Waals surface area contributed by atoms with Crippen molar-refractivity contribution in [3.8, 4) is 23.0 Å². The zero-order chi connectivity index (χ0) is 18.0. The van der Waals surface area contributed by atoms with Crippen molar-refractivity contribution in [1.29, 1.82) is 0 Å². The van der Waals surface area contributed by atoms with E-state index in [2.05, 4.69) is 38.2 Å². The van der Waals surface area contributed by atoms with Gasteiger partial charge in [0, 0.05) is 31.5 Å². The van der Waals surface area contributed by atoms with Crippen LogP contribution in [0.2, 0.25) is 0 Å². The van der Waals surface area contributed by atoms with Crippen LogP contribution in [0.4, 0.5) is 0 Å². The maximum absolute atomic E-state index is 8.36. The molecular weight excluding hydrogens is 320 g/mol. The van der Waals surface area contributed by atoms with E-state index in [-0.39, 0.29) is 12.6 Å². The first-order valence-corrected chi connectivity index (χ1v) is 7.95. The number of benzene rings is 1. The molecule has 4 rings (SSSR count). The molecule has 1 atom stereocenters. The van der Waals surface area contributed by atoms with Gasteiger partial charge in [-0.1, -0.05) is 0 Å². The first-order chi connectivity index (χ1) is 12.0. The third-order valence-corrected chi connectivity index (χ3v) is 4.25. The van der Waals surface area contributed by atoms with Crippen molar-refractivity contribution in [2.45, 2.75) is 26.4 Å². The van der Waals surface area contributed by atoms with Crippen LogP contribution in [0.5, 0.6) is 5.75 Å². The topological polar surface area (TPSA) is 82.2 Å². The highest BCUT2D eigenvalue weighted by Crippen LogP contribution is 2.31. The number of aryl methyl sites for hydroxylation is 1. The number of ether oxygens (including phenoxy) is 1. The molecule has 1 unspecified atom stereocenters. The number of fused-ring (bicyclic) bond motifs is 1. The molecule has 130 valence electrons. The number of nitrogens with zero attached hydrogens (tertiary/aromatic N) is 4. The van der Waals surface area contributed by atoms with Crippen LogP contribution in [0.15, 0.2) is 36.8 Å². The lowest BCUT2D eigenvalue weighted by Gasteiger charge is -2.10. The monoisotopic (exact) mass is 340 g/mol. The van der Waals surface area contributed by atoms with Crippen LogP contribution >= 0.6 is 0 Å². The van der Waals surface area contributed by atoms with Crippen LogP contribution in [0.1, 0.15) is 18.3 Å². The summed E-state index contributed by atoms with van der Waals surface area (Å²) in [6.07, 6.45) is 6.89. The summed E-state index contributed by atoms with van der Waals surface area (Å²) in [7, 11) is 2.01. The molecule has 0 fully saturated rings. The zero-order valence-electron chi connectivity index (χ0n) is 14.4. The van der Waals surface area contributed by atoms with E-state index < -0.39 is 0 Å². The molecule has 0 aliphatic carbocycles. The fraction of sp³-hybridized carbons (Fsp3) is 0.278. The van der Waals surface area contributed by atoms with Crippen LogP contribution in [0, 0.1) is 6.92 Å². The number of carbonyl (C=O) groups is 1. The van der Waals surface area contributed by atoms with E-state index in [9.17, 15) is 0 Å². The Balaban J connectivity index is 0.000000569. The second kappa shape index (κ2) is 6.80. The molecule has 0 bridgehead atoms. The van der Waals surface area contributed by atoms with E-state index >= 15 is 0 Å². The van der Waals surface area contributed by atoms with Gasteiger partial charge in [-0.05, 0) is 37.6 Å². The molecule has 7 nitrogen and oxygen atoms in total. The van der Waals surface area contributed by atoms with Crippen LogP contribution in [0.3, 0.4) is 0 Å². The summed E-state index contributed by atoms with van der Waals surface area (Å²) in [5, 5.41) is 6.89. The van der Waals surface area contributed by atoms with Crippen LogP contribution in [-0.2, 0) is 18.3 Å². The lowest BCUT2D eigenvalue weighted by molar-refractivity contribution is -0.122. The molecule has 0 saturated heterocycles. The molecule has 0 saturated carbocycles. The summed E-state index contributed by atoms with van der Waals surface area (Å²) in [6, 6.07) is 6.31. The fourth-order valence-electron chi connectivity index (χ4n) is 2.97. The van der Waals surface area contributed by atoms with Gasteiger partial charge in [0.1, 0.15) is 23.4 Å². The van der Waals surface area contributed by atoms with Gasteiger partial charge in [-0.25, -0.2) is 9.97 Å². The molecule has 1 aliphatic heterocycles. The van der Waals surface area contributed by atoms with E-state index in [1.54, 1.807) is 0 Å². The third kappa shape index (κ3) is 3.13. The molecule has 0 amide bonds. The second-order valence-electron chi connectivity index (χ2n) is 5.90. The summed E-state index contributed by atoms with van der Waals surface area (Å²) >= 11 is 0. The smallest absolute Gasteiger partial charge is 0.290 e. The molecule has 0 spiro atoms. The minimum Gasteiger partial charge on any atom is -0.490 e. The van der Waals surface area contributed by atoms with E-state index in [0.717, 1.165) is 35.2 Å². The fourth-order valence-corrected chi connectivity index (χ4v) is 2.97. The van der Waals surface area contributed by atoms with Gasteiger partial charge in [0.15, 0.2) is 5.82 Å². The summed E-state index contributed by atoms with van der Waals surface area (Å²) < 4.78 is 9.93. The predicted octanol–water partition coefficient (Wildman–Crippen LogP) is 2.61. The summed E-state index contributed by atoms with van der Waals surface area (Å²) in [6.45, 7) is 3.84. The van der Waals surface area contributed by atoms with Gasteiger partial charge in [-0.3, -0.25) is 9.36 Å². The first kappa shape index (κ1) is 16.8. The third-order valence-electron chi connectivity index (χ3n) is 4.25. The van der Waals surface area contributed by atoms with Crippen molar-refractivity contribution in [3.05, 3.63) is 48.2 Å². The molecule has 2 aromatic heterocycles. The molecular formula is C18H20N4O3. The van der Waals surface area contributed by atoms with Gasteiger partial charge in [-0.2, -0.15) is 0 Å². The summed E-state index contributed by atoms with van der Waals surface area (Å²) in [5.74, 6) is 2.87. The number of hydrogen-bond acceptors (Lipinski definition) is 4. The predicted molar refractivity (Wildman–Crippen MR) is 93.0 cm³/mol. The largest absolute Gasteiger partial charge is 0.490 e. The molecule has 3 heterocycles. The molecule has 1 N–H and O–H groups in total. The molecule has 1 aromatic carbocycles. The molecule has 7 heteroatoms. The number of aromatic nitrogens is 4. The maximum Gasteiger partial charge on any atom is 0.290 e. The van der Waals surface area contributed by atoms with Gasteiger partial charge >= 0.3 is 0 Å². The van der Waals surface area contributed by atoms with E-state index in [1.165, 1.54) is 5.56 Å². The van der Waals surface area contributed by atoms with Crippen LogP contribution in [-0.4, -0.2) is 36.8 Å². The Morgan fingerprint density at radius 3 is 2.80 bits per heavy atom. The van der Waals surface area contributed by atoms with E-state index in [1.807, 2.05) is 38.6 Å². The molecule has 1 aliphatic rings. The Morgan fingerprint density at radius 1 is 1.36 bits per heavy atom. The Morgan fingerprint density at radius 2 is 2.12 bits per heavy atom. The lowest BCUT2D eigenvalue weighted by Crippen LogP contribution is -2.05. The summed E-state index contributed by atoms with van der Waals surface area (Å²) in [5.41, 5.74) is 3.36. The van der Waals surface area contributed by atoms with Crippen molar-refractivity contribution >= 4 is 6.47 Å². The Bertz CT molecular complexity index is 898. The Hall–Kier alpha value is -3.09. The quantitative estimate of drug-likeness (QED) is 0.725. The standard InChI is InChI=1S/C17H18N4O.CH2O2/c1-11-8-13-9-14(4-5-16(13)22-11)21-7-6-18-17(21)15-10-19-12(2)20(15)3;2-1-3/h4-7,9-11H,8H2,1-3H3;1H,(H,2,3). The van der Waals surface area contributed by atoms with Gasteiger partial charge in [0.25, 0.3) is 6.47 Å². The maximum atomic E-state index is 8.36. The number of imidazole rings is 2. The Kier molecular flexibility index (Phi) is 4.56. The number of rotatable bonds is 2. The van der Waals surface area contributed by atoms with Gasteiger partial charge in [0.05, 0.1) is 6.20 Å². The molecule has 25 heavy (non-hydrogen) atoms. The van der Waals surface area contributed by atoms with E-state index in [0.29, 0.717) is 0 Å². The van der Waals surface area contributed by atoms with Gasteiger partial charge in [0.2, 0.25) is 0 Å². The van der Waals surface area contributed by atoms with Crippen LogP contribution < -0.4 is 4.74 Å². The average molecular weight is 340 g/mol. The highest BCUT2D eigenvalue weighted by molar-refractivity contribution is 5.56. The lowest BCUT2D eigenvalue weighted by atomic mass is 10.1. The first-order valence-electron chi connectivity index (χ1n) is 7.95. The number of carboxylic acid groups (broad SMARTS) is 1. The van der Waals surface area contributed by atoms with Crippen molar-refractivity contribution in [1.82, 2.24) is 19.1 Å². The Labute approximate surface area is 145 Å². The molecule has 0 radical (unpaired) electrons. The normalized spacial score (nSPS) is 15.1. The average Bonchev–Trinajstić information content (AvgIpc) is 3.26. The SMILES string of the molecule is Cc1ncc(-c2nccn2-c2ccc3c(c2)CC(C)O3)n1C.O=CO. The summed E-state index contributed by atoms with van der Waals surface area (Å²) in [4.78, 5) is 17.2. The highest BCUT2D eigenvalue weighted by Gasteiger charge is 2.20. The minimum absolute atomic E-state index is 0.250. The zero-order valence-corrected chi connectivity index (χ0v) is 14.4. The van der Waals surface area contributed by atoms with Crippen LogP contribution in [0.25, 0.3) is 17.2 Å². The van der Waals surface area contributed by atoms with Crippen molar-refractivity contribution in [2.75, 3.05) is 0 Å².